The molecule has 2 aromatic rings. The molecule has 0 aliphatic carbocycles. The molecule has 0 fully saturated rings. The summed E-state index contributed by atoms with van der Waals surface area (Å²) < 4.78 is 5.70. The van der Waals surface area contributed by atoms with Crippen molar-refractivity contribution >= 4 is 22.9 Å². The fourth-order valence-electron chi connectivity index (χ4n) is 1.52. The molecule has 1 heterocycles. The number of halogens is 1. The number of hydrogen-bond acceptors (Lipinski definition) is 3. The maximum absolute atomic E-state index is 8.63. The molecule has 0 aliphatic heterocycles. The van der Waals surface area contributed by atoms with Crippen molar-refractivity contribution in [1.29, 1.82) is 0 Å². The zero-order chi connectivity index (χ0) is 13.7. The van der Waals surface area contributed by atoms with Crippen LogP contribution in [0.5, 0.6) is 5.75 Å². The summed E-state index contributed by atoms with van der Waals surface area (Å²) in [6.45, 7) is 2.34. The van der Waals surface area contributed by atoms with Gasteiger partial charge < -0.3 is 9.84 Å². The second-order valence-corrected chi connectivity index (χ2v) is 5.52. The minimum Gasteiger partial charge on any atom is -0.486 e. The normalized spacial score (nSPS) is 9.84. The van der Waals surface area contributed by atoms with Crippen molar-refractivity contribution in [2.75, 3.05) is 6.61 Å². The Kier molecular flexibility index (Phi) is 4.86. The topological polar surface area (TPSA) is 29.5 Å². The van der Waals surface area contributed by atoms with Crippen LogP contribution in [0.2, 0.25) is 5.02 Å². The molecule has 0 radical (unpaired) electrons. The van der Waals surface area contributed by atoms with Crippen molar-refractivity contribution in [3.05, 3.63) is 50.7 Å². The van der Waals surface area contributed by atoms with Gasteiger partial charge in [0.1, 0.15) is 19.0 Å². The molecule has 1 N–H and O–H groups in total. The zero-order valence-electron chi connectivity index (χ0n) is 10.4. The van der Waals surface area contributed by atoms with Crippen LogP contribution < -0.4 is 4.74 Å². The Morgan fingerprint density at radius 3 is 2.95 bits per heavy atom. The number of thiophene rings is 1. The van der Waals surface area contributed by atoms with E-state index in [0.29, 0.717) is 17.4 Å². The predicted octanol–water partition coefficient (Wildman–Crippen LogP) is 3.63. The van der Waals surface area contributed by atoms with Crippen LogP contribution in [0, 0.1) is 18.8 Å². The first-order chi connectivity index (χ1) is 9.19. The van der Waals surface area contributed by atoms with Gasteiger partial charge in [0, 0.05) is 4.88 Å². The maximum Gasteiger partial charge on any atom is 0.138 e. The Hall–Kier alpha value is -1.47. The summed E-state index contributed by atoms with van der Waals surface area (Å²) in [5, 5.41) is 9.25. The van der Waals surface area contributed by atoms with Crippen molar-refractivity contribution in [3.63, 3.8) is 0 Å². The van der Waals surface area contributed by atoms with Crippen molar-refractivity contribution < 1.29 is 9.84 Å². The molecule has 0 atom stereocenters. The number of benzene rings is 1. The van der Waals surface area contributed by atoms with E-state index >= 15 is 0 Å². The molecule has 2 rings (SSSR count). The highest BCUT2D eigenvalue weighted by atomic mass is 35.5. The minimum atomic E-state index is -0.122. The van der Waals surface area contributed by atoms with Gasteiger partial charge in [0.15, 0.2) is 0 Å². The lowest BCUT2D eigenvalue weighted by Crippen LogP contribution is -1.93. The van der Waals surface area contributed by atoms with Gasteiger partial charge in [-0.1, -0.05) is 29.5 Å². The van der Waals surface area contributed by atoms with Gasteiger partial charge in [0.25, 0.3) is 0 Å². The summed E-state index contributed by atoms with van der Waals surface area (Å²) in [4.78, 5) is 1.99. The number of aryl methyl sites for hydroxylation is 1. The third-order valence-corrected chi connectivity index (χ3v) is 3.70. The molecule has 0 amide bonds. The van der Waals surface area contributed by atoms with Crippen LogP contribution >= 0.6 is 22.9 Å². The standard InChI is InChI=1S/C15H13ClO2S/c1-11-4-7-14(16)15(9-11)18-10-13-6-5-12(19-13)3-2-8-17/h4-7,9,17H,8,10H2,1H3. The van der Waals surface area contributed by atoms with Crippen LogP contribution in [-0.4, -0.2) is 11.7 Å². The van der Waals surface area contributed by atoms with Crippen LogP contribution in [-0.2, 0) is 6.61 Å². The lowest BCUT2D eigenvalue weighted by molar-refractivity contribution is 0.310. The second-order valence-electron chi connectivity index (χ2n) is 3.95. The fourth-order valence-corrected chi connectivity index (χ4v) is 2.49. The Labute approximate surface area is 121 Å². The fraction of sp³-hybridized carbons (Fsp3) is 0.200. The van der Waals surface area contributed by atoms with Crippen molar-refractivity contribution in [1.82, 2.24) is 0 Å². The molecular weight excluding hydrogens is 280 g/mol. The molecule has 0 unspecified atom stereocenters. The first-order valence-electron chi connectivity index (χ1n) is 5.76. The largest absolute Gasteiger partial charge is 0.486 e. The summed E-state index contributed by atoms with van der Waals surface area (Å²) in [6, 6.07) is 9.59. The third kappa shape index (κ3) is 4.00. The Morgan fingerprint density at radius 1 is 1.32 bits per heavy atom. The molecule has 1 aromatic heterocycles. The zero-order valence-corrected chi connectivity index (χ0v) is 12.0. The highest BCUT2D eigenvalue weighted by molar-refractivity contribution is 7.12. The van der Waals surface area contributed by atoms with Gasteiger partial charge in [-0.05, 0) is 36.8 Å². The molecule has 0 spiro atoms. The van der Waals surface area contributed by atoms with Crippen molar-refractivity contribution in [2.45, 2.75) is 13.5 Å². The van der Waals surface area contributed by atoms with E-state index in [9.17, 15) is 0 Å². The van der Waals surface area contributed by atoms with E-state index in [4.69, 9.17) is 21.4 Å². The molecule has 4 heteroatoms. The maximum atomic E-state index is 8.63. The monoisotopic (exact) mass is 292 g/mol. The highest BCUT2D eigenvalue weighted by Gasteiger charge is 2.04. The van der Waals surface area contributed by atoms with Gasteiger partial charge in [-0.15, -0.1) is 11.3 Å². The number of aliphatic hydroxyl groups is 1. The van der Waals surface area contributed by atoms with Crippen LogP contribution in [0.25, 0.3) is 0 Å². The molecular formula is C15H13ClO2S. The van der Waals surface area contributed by atoms with Gasteiger partial charge in [-0.2, -0.15) is 0 Å². The first-order valence-corrected chi connectivity index (χ1v) is 6.96. The average molecular weight is 293 g/mol. The van der Waals surface area contributed by atoms with E-state index in [1.54, 1.807) is 11.3 Å². The number of hydrogen-bond donors (Lipinski definition) is 1. The third-order valence-electron chi connectivity index (χ3n) is 2.41. The van der Waals surface area contributed by atoms with Crippen LogP contribution in [0.3, 0.4) is 0 Å². The van der Waals surface area contributed by atoms with Crippen molar-refractivity contribution in [3.8, 4) is 17.6 Å². The predicted molar refractivity (Wildman–Crippen MR) is 78.8 cm³/mol. The average Bonchev–Trinajstić information content (AvgIpc) is 2.85. The molecule has 0 saturated heterocycles. The second kappa shape index (κ2) is 6.63. The van der Waals surface area contributed by atoms with E-state index < -0.39 is 0 Å². The van der Waals surface area contributed by atoms with E-state index in [0.717, 1.165) is 15.3 Å². The quantitative estimate of drug-likeness (QED) is 0.875. The number of aliphatic hydroxyl groups excluding tert-OH is 1. The van der Waals surface area contributed by atoms with Gasteiger partial charge in [-0.3, -0.25) is 0 Å². The van der Waals surface area contributed by atoms with Gasteiger partial charge in [0.05, 0.1) is 9.90 Å². The van der Waals surface area contributed by atoms with Crippen LogP contribution in [0.15, 0.2) is 30.3 Å². The summed E-state index contributed by atoms with van der Waals surface area (Å²) in [5.74, 6) is 6.19. The smallest absolute Gasteiger partial charge is 0.138 e. The molecule has 2 nitrogen and oxygen atoms in total. The van der Waals surface area contributed by atoms with Gasteiger partial charge in [-0.25, -0.2) is 0 Å². The first kappa shape index (κ1) is 14.0. The van der Waals surface area contributed by atoms with Gasteiger partial charge in [0.2, 0.25) is 0 Å². The summed E-state index contributed by atoms with van der Waals surface area (Å²) >= 11 is 7.61. The van der Waals surface area contributed by atoms with Crippen LogP contribution in [0.4, 0.5) is 0 Å². The molecule has 0 aliphatic rings. The van der Waals surface area contributed by atoms with E-state index in [2.05, 4.69) is 11.8 Å². The van der Waals surface area contributed by atoms with E-state index in [-0.39, 0.29) is 6.61 Å². The molecule has 0 bridgehead atoms. The lowest BCUT2D eigenvalue weighted by Gasteiger charge is -2.07. The highest BCUT2D eigenvalue weighted by Crippen LogP contribution is 2.27. The summed E-state index contributed by atoms with van der Waals surface area (Å²) in [7, 11) is 0. The Morgan fingerprint density at radius 2 is 2.16 bits per heavy atom. The summed E-state index contributed by atoms with van der Waals surface area (Å²) in [6.07, 6.45) is 0. The molecule has 98 valence electrons. The SMILES string of the molecule is Cc1ccc(Cl)c(OCc2ccc(C#CCO)s2)c1. The molecule has 19 heavy (non-hydrogen) atoms. The summed E-state index contributed by atoms with van der Waals surface area (Å²) in [5.41, 5.74) is 1.11. The van der Waals surface area contributed by atoms with Crippen LogP contribution in [0.1, 0.15) is 15.3 Å². The molecule has 0 saturated carbocycles. The number of ether oxygens (including phenoxy) is 1. The van der Waals surface area contributed by atoms with Crippen molar-refractivity contribution in [2.24, 2.45) is 0 Å². The lowest BCUT2D eigenvalue weighted by atomic mass is 10.2. The number of rotatable bonds is 3. The minimum absolute atomic E-state index is 0.122. The van der Waals surface area contributed by atoms with E-state index in [1.165, 1.54) is 0 Å². The molecule has 1 aromatic carbocycles. The van der Waals surface area contributed by atoms with E-state index in [1.807, 2.05) is 37.3 Å². The Bertz CT molecular complexity index is 623. The van der Waals surface area contributed by atoms with Gasteiger partial charge >= 0.3 is 0 Å². The Balaban J connectivity index is 2.02.